The number of hydrogen-bond donors (Lipinski definition) is 2. The summed E-state index contributed by atoms with van der Waals surface area (Å²) in [6.45, 7) is 2.20. The zero-order chi connectivity index (χ0) is 10.6. The van der Waals surface area contributed by atoms with Crippen LogP contribution >= 0.6 is 0 Å². The third-order valence-electron chi connectivity index (χ3n) is 5.04. The monoisotopic (exact) mass is 208 g/mol. The van der Waals surface area contributed by atoms with Crippen LogP contribution in [-0.4, -0.2) is 22.4 Å². The third kappa shape index (κ3) is 1.07. The summed E-state index contributed by atoms with van der Waals surface area (Å²) in [4.78, 5) is 0. The second kappa shape index (κ2) is 3.08. The number of aliphatic hydroxyl groups is 2. The van der Waals surface area contributed by atoms with E-state index < -0.39 is 6.10 Å². The van der Waals surface area contributed by atoms with Crippen LogP contribution in [-0.2, 0) is 0 Å². The Hall–Kier alpha value is -0.340. The summed E-state index contributed by atoms with van der Waals surface area (Å²) < 4.78 is 0. The summed E-state index contributed by atoms with van der Waals surface area (Å²) in [5.74, 6) is 1.34. The van der Waals surface area contributed by atoms with E-state index in [4.69, 9.17) is 0 Å². The van der Waals surface area contributed by atoms with E-state index in [1.54, 1.807) is 0 Å². The fraction of sp³-hybridized carbons (Fsp3) is 0.846. The number of fused-ring (bicyclic) bond motifs is 1. The van der Waals surface area contributed by atoms with E-state index in [1.165, 1.54) is 12.8 Å². The van der Waals surface area contributed by atoms with Crippen molar-refractivity contribution in [2.45, 2.75) is 44.8 Å². The van der Waals surface area contributed by atoms with Crippen molar-refractivity contribution in [2.24, 2.45) is 23.2 Å². The summed E-state index contributed by atoms with van der Waals surface area (Å²) >= 11 is 0. The highest BCUT2D eigenvalue weighted by Gasteiger charge is 2.73. The van der Waals surface area contributed by atoms with Crippen molar-refractivity contribution in [3.8, 4) is 0 Å². The van der Waals surface area contributed by atoms with Crippen LogP contribution in [0.1, 0.15) is 32.6 Å². The normalized spacial score (nSPS) is 55.5. The van der Waals surface area contributed by atoms with Crippen LogP contribution in [0.15, 0.2) is 12.2 Å². The number of allylic oxidation sites excluding steroid dienone is 1. The Morgan fingerprint density at radius 2 is 2.13 bits per heavy atom. The van der Waals surface area contributed by atoms with Gasteiger partial charge in [0.2, 0.25) is 0 Å². The molecule has 0 saturated heterocycles. The molecule has 0 aliphatic heterocycles. The largest absolute Gasteiger partial charge is 0.392 e. The van der Waals surface area contributed by atoms with E-state index in [0.717, 1.165) is 12.8 Å². The van der Waals surface area contributed by atoms with Gasteiger partial charge in [0.1, 0.15) is 0 Å². The van der Waals surface area contributed by atoms with Crippen molar-refractivity contribution in [3.63, 3.8) is 0 Å². The molecule has 4 aliphatic rings. The Bertz CT molecular complexity index is 299. The molecule has 4 rings (SSSR count). The van der Waals surface area contributed by atoms with Crippen molar-refractivity contribution in [1.29, 1.82) is 0 Å². The quantitative estimate of drug-likeness (QED) is 0.693. The molecular weight excluding hydrogens is 188 g/mol. The first-order valence-electron chi connectivity index (χ1n) is 6.26. The van der Waals surface area contributed by atoms with Crippen molar-refractivity contribution in [2.75, 3.05) is 0 Å². The highest BCUT2D eigenvalue weighted by Crippen LogP contribution is 2.74. The van der Waals surface area contributed by atoms with Gasteiger partial charge < -0.3 is 10.2 Å². The van der Waals surface area contributed by atoms with Crippen LogP contribution in [0.2, 0.25) is 0 Å². The van der Waals surface area contributed by atoms with Crippen molar-refractivity contribution < 1.29 is 10.2 Å². The Labute approximate surface area is 91.0 Å². The maximum Gasteiger partial charge on any atom is 0.0774 e. The molecule has 0 spiro atoms. The molecular formula is C13H20O2. The maximum atomic E-state index is 10.4. The average Bonchev–Trinajstić information content (AvgIpc) is 2.82. The van der Waals surface area contributed by atoms with Gasteiger partial charge in [-0.15, -0.1) is 0 Å². The lowest BCUT2D eigenvalue weighted by molar-refractivity contribution is 0.00796. The second-order valence-corrected chi connectivity index (χ2v) is 5.57. The molecule has 2 fully saturated rings. The van der Waals surface area contributed by atoms with E-state index in [2.05, 4.69) is 13.0 Å². The molecule has 0 aromatic carbocycles. The van der Waals surface area contributed by atoms with Crippen LogP contribution in [0.3, 0.4) is 0 Å². The SMILES string of the molecule is CCCCC12C(O)C3CC1C2C=CC3O. The average molecular weight is 208 g/mol. The predicted octanol–water partition coefficient (Wildman–Crippen LogP) is 1.72. The van der Waals surface area contributed by atoms with Gasteiger partial charge in [-0.25, -0.2) is 0 Å². The van der Waals surface area contributed by atoms with Gasteiger partial charge in [-0.2, -0.15) is 0 Å². The van der Waals surface area contributed by atoms with Gasteiger partial charge in [-0.05, 0) is 24.7 Å². The number of unbranched alkanes of at least 4 members (excludes halogenated alkanes) is 1. The van der Waals surface area contributed by atoms with Crippen LogP contribution < -0.4 is 0 Å². The van der Waals surface area contributed by atoms with Gasteiger partial charge in [0.25, 0.3) is 0 Å². The predicted molar refractivity (Wildman–Crippen MR) is 58.2 cm³/mol. The lowest BCUT2D eigenvalue weighted by Gasteiger charge is -2.26. The lowest BCUT2D eigenvalue weighted by Crippen LogP contribution is -2.33. The smallest absolute Gasteiger partial charge is 0.0774 e. The summed E-state index contributed by atoms with van der Waals surface area (Å²) in [7, 11) is 0. The minimum absolute atomic E-state index is 0.113. The van der Waals surface area contributed by atoms with Crippen molar-refractivity contribution in [1.82, 2.24) is 0 Å². The Morgan fingerprint density at radius 3 is 2.87 bits per heavy atom. The molecule has 0 aromatic rings. The van der Waals surface area contributed by atoms with Gasteiger partial charge >= 0.3 is 0 Å². The third-order valence-corrected chi connectivity index (χ3v) is 5.04. The molecule has 0 aromatic heterocycles. The zero-order valence-electron chi connectivity index (χ0n) is 9.26. The van der Waals surface area contributed by atoms with E-state index >= 15 is 0 Å². The topological polar surface area (TPSA) is 40.5 Å². The maximum absolute atomic E-state index is 10.4. The zero-order valence-corrected chi connectivity index (χ0v) is 9.26. The van der Waals surface area contributed by atoms with Gasteiger partial charge in [0, 0.05) is 11.3 Å². The van der Waals surface area contributed by atoms with Crippen LogP contribution in [0.4, 0.5) is 0 Å². The first kappa shape index (κ1) is 9.86. The van der Waals surface area contributed by atoms with Crippen LogP contribution in [0.25, 0.3) is 0 Å². The van der Waals surface area contributed by atoms with Gasteiger partial charge in [0.05, 0.1) is 12.2 Å². The van der Waals surface area contributed by atoms with Crippen LogP contribution in [0.5, 0.6) is 0 Å². The fourth-order valence-corrected chi connectivity index (χ4v) is 4.18. The minimum Gasteiger partial charge on any atom is -0.392 e. The van der Waals surface area contributed by atoms with E-state index in [1.807, 2.05) is 6.08 Å². The molecule has 4 aliphatic carbocycles. The number of rotatable bonds is 3. The molecule has 2 heteroatoms. The minimum atomic E-state index is -0.404. The molecule has 15 heavy (non-hydrogen) atoms. The first-order valence-corrected chi connectivity index (χ1v) is 6.26. The van der Waals surface area contributed by atoms with Gasteiger partial charge in [-0.3, -0.25) is 0 Å². The molecule has 0 amide bonds. The van der Waals surface area contributed by atoms with E-state index in [-0.39, 0.29) is 17.4 Å². The summed E-state index contributed by atoms with van der Waals surface area (Å²) in [5, 5.41) is 20.2. The second-order valence-electron chi connectivity index (χ2n) is 5.57. The fourth-order valence-electron chi connectivity index (χ4n) is 4.18. The molecule has 2 nitrogen and oxygen atoms in total. The molecule has 4 bridgehead atoms. The molecule has 0 radical (unpaired) electrons. The molecule has 6 atom stereocenters. The highest BCUT2D eigenvalue weighted by atomic mass is 16.3. The molecule has 84 valence electrons. The summed E-state index contributed by atoms with van der Waals surface area (Å²) in [6.07, 6.45) is 8.01. The first-order chi connectivity index (χ1) is 7.21. The number of hydrogen-bond acceptors (Lipinski definition) is 2. The summed E-state index contributed by atoms with van der Waals surface area (Å²) in [6, 6.07) is 0. The lowest BCUT2D eigenvalue weighted by atomic mass is 9.86. The molecule has 2 N–H and O–H groups in total. The number of aliphatic hydroxyl groups excluding tert-OH is 2. The molecule has 0 heterocycles. The molecule has 2 saturated carbocycles. The molecule has 6 unspecified atom stereocenters. The van der Waals surface area contributed by atoms with Gasteiger partial charge in [-0.1, -0.05) is 31.9 Å². The van der Waals surface area contributed by atoms with E-state index in [9.17, 15) is 10.2 Å². The Kier molecular flexibility index (Phi) is 2.02. The Morgan fingerprint density at radius 1 is 1.33 bits per heavy atom. The summed E-state index contributed by atoms with van der Waals surface area (Å²) in [5.41, 5.74) is 0.161. The van der Waals surface area contributed by atoms with Crippen molar-refractivity contribution >= 4 is 0 Å². The van der Waals surface area contributed by atoms with Crippen LogP contribution in [0, 0.1) is 23.2 Å². The van der Waals surface area contributed by atoms with E-state index in [0.29, 0.717) is 11.8 Å². The highest BCUT2D eigenvalue weighted by molar-refractivity contribution is 5.30. The van der Waals surface area contributed by atoms with Crippen molar-refractivity contribution in [3.05, 3.63) is 12.2 Å². The Balaban J connectivity index is 1.86. The van der Waals surface area contributed by atoms with Gasteiger partial charge in [0.15, 0.2) is 0 Å². The standard InChI is InChI=1S/C13H20O2/c1-2-3-6-13-9-4-5-11(14)8(12(13)15)7-10(9)13/h4-5,8-12,14-15H,2-3,6-7H2,1H3.